The van der Waals surface area contributed by atoms with Crippen LogP contribution in [0.1, 0.15) is 24.8 Å². The zero-order valence-corrected chi connectivity index (χ0v) is 12.6. The van der Waals surface area contributed by atoms with Crippen LogP contribution in [0.25, 0.3) is 0 Å². The molecule has 0 aliphatic rings. The minimum absolute atomic E-state index is 0.261. The predicted octanol–water partition coefficient (Wildman–Crippen LogP) is 2.35. The van der Waals surface area contributed by atoms with Gasteiger partial charge in [-0.25, -0.2) is 4.79 Å². The van der Waals surface area contributed by atoms with Gasteiger partial charge in [-0.05, 0) is 49.9 Å². The van der Waals surface area contributed by atoms with E-state index in [9.17, 15) is 9.59 Å². The van der Waals surface area contributed by atoms with Gasteiger partial charge in [-0.3, -0.25) is 4.79 Å². The highest BCUT2D eigenvalue weighted by Gasteiger charge is 2.13. The van der Waals surface area contributed by atoms with Gasteiger partial charge in [0.2, 0.25) is 5.91 Å². The largest absolute Gasteiger partial charge is 0.465 e. The van der Waals surface area contributed by atoms with Crippen molar-refractivity contribution in [1.82, 2.24) is 5.32 Å². The number of carbonyl (C=O) groups excluding carboxylic acids is 1. The number of anilines is 1. The van der Waals surface area contributed by atoms with Gasteiger partial charge in [0.15, 0.2) is 0 Å². The Hall–Kier alpha value is -1.79. The number of unbranched alkanes of at least 4 members (excludes halogenated alkanes) is 1. The third-order valence-electron chi connectivity index (χ3n) is 2.98. The lowest BCUT2D eigenvalue weighted by molar-refractivity contribution is -0.117. The Balaban J connectivity index is 2.33. The van der Waals surface area contributed by atoms with Crippen LogP contribution in [0.5, 0.6) is 0 Å². The second-order valence-corrected chi connectivity index (χ2v) is 5.19. The molecule has 0 saturated heterocycles. The van der Waals surface area contributed by atoms with E-state index in [0.29, 0.717) is 36.5 Å². The lowest BCUT2D eigenvalue weighted by atomic mass is 10.1. The van der Waals surface area contributed by atoms with Crippen LogP contribution in [0.15, 0.2) is 18.2 Å². The minimum atomic E-state index is -1.05. The molecule has 1 aromatic rings. The van der Waals surface area contributed by atoms with Gasteiger partial charge in [0.05, 0.1) is 6.04 Å². The Kier molecular flexibility index (Phi) is 6.98. The molecule has 0 bridgehead atoms. The van der Waals surface area contributed by atoms with Crippen molar-refractivity contribution in [2.24, 2.45) is 5.73 Å². The number of amides is 2. The average molecular weight is 314 g/mol. The molecule has 6 nitrogen and oxygen atoms in total. The molecule has 1 rings (SSSR count). The number of halogens is 1. The number of nitrogens with two attached hydrogens (primary N) is 1. The molecule has 21 heavy (non-hydrogen) atoms. The number of hydrogen-bond donors (Lipinski definition) is 4. The van der Waals surface area contributed by atoms with Gasteiger partial charge in [0.1, 0.15) is 0 Å². The molecule has 7 heteroatoms. The quantitative estimate of drug-likeness (QED) is 0.580. The Bertz CT molecular complexity index is 508. The van der Waals surface area contributed by atoms with E-state index in [4.69, 9.17) is 22.4 Å². The molecule has 0 spiro atoms. The predicted molar refractivity (Wildman–Crippen MR) is 82.7 cm³/mol. The van der Waals surface area contributed by atoms with Crippen LogP contribution in [0.4, 0.5) is 10.5 Å². The normalized spacial score (nSPS) is 11.8. The summed E-state index contributed by atoms with van der Waals surface area (Å²) in [6.07, 6.45) is 0.775. The number of hydrogen-bond acceptors (Lipinski definition) is 3. The number of benzene rings is 1. The minimum Gasteiger partial charge on any atom is -0.465 e. The Morgan fingerprint density at radius 1 is 1.38 bits per heavy atom. The number of aryl methyl sites for hydroxylation is 1. The van der Waals surface area contributed by atoms with E-state index in [0.717, 1.165) is 5.56 Å². The first-order valence-corrected chi connectivity index (χ1v) is 7.07. The lowest BCUT2D eigenvalue weighted by Crippen LogP contribution is -2.35. The molecule has 0 fully saturated rings. The summed E-state index contributed by atoms with van der Waals surface area (Å²) in [5.74, 6) is -0.261. The second-order valence-electron chi connectivity index (χ2n) is 4.79. The van der Waals surface area contributed by atoms with Crippen LogP contribution < -0.4 is 16.4 Å². The summed E-state index contributed by atoms with van der Waals surface area (Å²) in [5.41, 5.74) is 7.34. The van der Waals surface area contributed by atoms with Crippen molar-refractivity contribution in [2.75, 3.05) is 11.9 Å². The number of rotatable bonds is 7. The molecule has 0 saturated carbocycles. The summed E-state index contributed by atoms with van der Waals surface area (Å²) >= 11 is 5.92. The molecule has 0 aliphatic heterocycles. The molecule has 2 amide bonds. The number of carboxylic acid groups (broad SMARTS) is 1. The van der Waals surface area contributed by atoms with Gasteiger partial charge in [-0.15, -0.1) is 0 Å². The van der Waals surface area contributed by atoms with Crippen LogP contribution >= 0.6 is 11.6 Å². The fourth-order valence-corrected chi connectivity index (χ4v) is 1.89. The van der Waals surface area contributed by atoms with Gasteiger partial charge in [-0.2, -0.15) is 0 Å². The molecular weight excluding hydrogens is 294 g/mol. The van der Waals surface area contributed by atoms with E-state index in [1.165, 1.54) is 0 Å². The molecule has 0 radical (unpaired) electrons. The molecule has 0 aliphatic carbocycles. The summed E-state index contributed by atoms with van der Waals surface area (Å²) in [6.45, 7) is 2.22. The van der Waals surface area contributed by atoms with Crippen molar-refractivity contribution < 1.29 is 14.7 Å². The topological polar surface area (TPSA) is 104 Å². The van der Waals surface area contributed by atoms with Gasteiger partial charge in [0, 0.05) is 17.3 Å². The standard InChI is InChI=1S/C14H20ClN3O3/c1-9-8-10(5-6-11(9)15)18-13(19)12(16)4-2-3-7-17-14(20)21/h5-6,8,12,17H,2-4,7,16H2,1H3,(H,18,19)(H,20,21). The zero-order valence-electron chi connectivity index (χ0n) is 11.9. The smallest absolute Gasteiger partial charge is 0.404 e. The summed E-state index contributed by atoms with van der Waals surface area (Å²) < 4.78 is 0. The summed E-state index contributed by atoms with van der Waals surface area (Å²) in [4.78, 5) is 22.2. The van der Waals surface area contributed by atoms with E-state index in [1.807, 2.05) is 6.92 Å². The van der Waals surface area contributed by atoms with Crippen LogP contribution in [0.3, 0.4) is 0 Å². The maximum atomic E-state index is 11.9. The van der Waals surface area contributed by atoms with E-state index in [1.54, 1.807) is 18.2 Å². The molecule has 1 atom stereocenters. The fourth-order valence-electron chi connectivity index (χ4n) is 1.77. The molecular formula is C14H20ClN3O3. The number of nitrogens with one attached hydrogen (secondary N) is 2. The van der Waals surface area contributed by atoms with Gasteiger partial charge < -0.3 is 21.5 Å². The molecule has 1 unspecified atom stereocenters. The molecule has 0 heterocycles. The summed E-state index contributed by atoms with van der Waals surface area (Å²) in [6, 6.07) is 4.60. The van der Waals surface area contributed by atoms with Crippen LogP contribution in [0, 0.1) is 6.92 Å². The first kappa shape index (κ1) is 17.3. The van der Waals surface area contributed by atoms with E-state index >= 15 is 0 Å². The zero-order chi connectivity index (χ0) is 15.8. The first-order chi connectivity index (χ1) is 9.90. The van der Waals surface area contributed by atoms with Crippen molar-refractivity contribution in [3.63, 3.8) is 0 Å². The fraction of sp³-hybridized carbons (Fsp3) is 0.429. The lowest BCUT2D eigenvalue weighted by Gasteiger charge is -2.13. The Morgan fingerprint density at radius 3 is 2.71 bits per heavy atom. The van der Waals surface area contributed by atoms with Crippen molar-refractivity contribution >= 4 is 29.3 Å². The van der Waals surface area contributed by atoms with E-state index < -0.39 is 12.1 Å². The molecule has 0 aromatic heterocycles. The summed E-state index contributed by atoms with van der Waals surface area (Å²) in [7, 11) is 0. The van der Waals surface area contributed by atoms with Crippen LogP contribution in [-0.4, -0.2) is 29.7 Å². The third-order valence-corrected chi connectivity index (χ3v) is 3.40. The first-order valence-electron chi connectivity index (χ1n) is 6.69. The highest BCUT2D eigenvalue weighted by atomic mass is 35.5. The third kappa shape index (κ3) is 6.46. The monoisotopic (exact) mass is 313 g/mol. The SMILES string of the molecule is Cc1cc(NC(=O)C(N)CCCCNC(=O)O)ccc1Cl. The van der Waals surface area contributed by atoms with Gasteiger partial charge in [0.25, 0.3) is 0 Å². The van der Waals surface area contributed by atoms with Crippen molar-refractivity contribution in [1.29, 1.82) is 0 Å². The average Bonchev–Trinajstić information content (AvgIpc) is 2.42. The molecule has 5 N–H and O–H groups in total. The van der Waals surface area contributed by atoms with Crippen molar-refractivity contribution in [2.45, 2.75) is 32.2 Å². The molecule has 116 valence electrons. The van der Waals surface area contributed by atoms with Crippen molar-refractivity contribution in [3.05, 3.63) is 28.8 Å². The highest BCUT2D eigenvalue weighted by Crippen LogP contribution is 2.19. The van der Waals surface area contributed by atoms with Crippen LogP contribution in [-0.2, 0) is 4.79 Å². The van der Waals surface area contributed by atoms with Crippen molar-refractivity contribution in [3.8, 4) is 0 Å². The Morgan fingerprint density at radius 2 is 2.10 bits per heavy atom. The molecule has 1 aromatic carbocycles. The van der Waals surface area contributed by atoms with Gasteiger partial charge in [-0.1, -0.05) is 11.6 Å². The Labute approximate surface area is 128 Å². The van der Waals surface area contributed by atoms with Crippen LogP contribution in [0.2, 0.25) is 5.02 Å². The van der Waals surface area contributed by atoms with E-state index in [2.05, 4.69) is 10.6 Å². The summed E-state index contributed by atoms with van der Waals surface area (Å²) in [5, 5.41) is 14.0. The maximum Gasteiger partial charge on any atom is 0.404 e. The highest BCUT2D eigenvalue weighted by molar-refractivity contribution is 6.31. The van der Waals surface area contributed by atoms with Gasteiger partial charge >= 0.3 is 6.09 Å². The number of carbonyl (C=O) groups is 2. The second kappa shape index (κ2) is 8.49. The maximum absolute atomic E-state index is 11.9. The van der Waals surface area contributed by atoms with E-state index in [-0.39, 0.29) is 5.91 Å².